The maximum Gasteiger partial charge on any atom is 0.270 e. The Morgan fingerprint density at radius 2 is 0.971 bits per heavy atom. The van der Waals surface area contributed by atoms with Crippen LogP contribution in [-0.4, -0.2) is 9.85 Å². The topological polar surface area (TPSA) is 122 Å². The summed E-state index contributed by atoms with van der Waals surface area (Å²) >= 11 is 0. The number of anilines is 2. The van der Waals surface area contributed by atoms with Gasteiger partial charge in [-0.2, -0.15) is 0 Å². The van der Waals surface area contributed by atoms with Crippen molar-refractivity contribution in [2.45, 2.75) is 11.3 Å². The lowest BCUT2D eigenvalue weighted by molar-refractivity contribution is -0.385. The fourth-order valence-electron chi connectivity index (χ4n) is 5.12. The first kappa shape index (κ1) is 20.8. The molecule has 2 bridgehead atoms. The Hall–Kier alpha value is -4.76. The summed E-state index contributed by atoms with van der Waals surface area (Å²) in [6.07, 6.45) is 0. The Balaban J connectivity index is 1.71. The van der Waals surface area contributed by atoms with Crippen molar-refractivity contribution in [3.63, 3.8) is 0 Å². The quantitative estimate of drug-likeness (QED) is 0.285. The highest BCUT2D eigenvalue weighted by Gasteiger charge is 2.55. The van der Waals surface area contributed by atoms with Crippen LogP contribution in [0.2, 0.25) is 0 Å². The average molecular weight is 465 g/mol. The van der Waals surface area contributed by atoms with Crippen LogP contribution < -0.4 is 16.0 Å². The van der Waals surface area contributed by atoms with E-state index in [4.69, 9.17) is 0 Å². The molecule has 6 rings (SSSR count). The van der Waals surface area contributed by atoms with Crippen molar-refractivity contribution < 1.29 is 9.85 Å². The molecule has 0 amide bonds. The van der Waals surface area contributed by atoms with Crippen molar-refractivity contribution in [1.29, 1.82) is 0 Å². The number of fused-ring (bicyclic) bond motifs is 6. The molecule has 2 heterocycles. The molecule has 2 aliphatic rings. The van der Waals surface area contributed by atoms with Crippen LogP contribution in [0.3, 0.4) is 0 Å². The monoisotopic (exact) mass is 465 g/mol. The molecule has 0 spiro atoms. The molecule has 3 N–H and O–H groups in total. The minimum Gasteiger partial charge on any atom is -0.359 e. The van der Waals surface area contributed by atoms with Gasteiger partial charge in [-0.05, 0) is 23.3 Å². The van der Waals surface area contributed by atoms with Crippen molar-refractivity contribution in [3.8, 4) is 0 Å². The van der Waals surface area contributed by atoms with Gasteiger partial charge in [-0.15, -0.1) is 0 Å². The maximum absolute atomic E-state index is 11.7. The zero-order valence-electron chi connectivity index (χ0n) is 18.3. The van der Waals surface area contributed by atoms with Crippen LogP contribution in [0.4, 0.5) is 22.7 Å². The lowest BCUT2D eigenvalue weighted by Gasteiger charge is -2.56. The molecule has 0 aliphatic carbocycles. The van der Waals surface area contributed by atoms with Gasteiger partial charge < -0.3 is 10.6 Å². The van der Waals surface area contributed by atoms with E-state index in [2.05, 4.69) is 16.0 Å². The molecule has 35 heavy (non-hydrogen) atoms. The van der Waals surface area contributed by atoms with Gasteiger partial charge in [0.05, 0.1) is 9.85 Å². The van der Waals surface area contributed by atoms with Gasteiger partial charge in [0.2, 0.25) is 0 Å². The number of rotatable bonds is 4. The Bertz CT molecular complexity index is 1380. The molecule has 9 heteroatoms. The number of nitro benzene ring substituents is 2. The molecule has 0 fully saturated rings. The van der Waals surface area contributed by atoms with Crippen LogP contribution in [-0.2, 0) is 11.3 Å². The van der Waals surface area contributed by atoms with E-state index in [9.17, 15) is 20.2 Å². The van der Waals surface area contributed by atoms with Crippen molar-refractivity contribution >= 4 is 22.7 Å². The van der Waals surface area contributed by atoms with Crippen molar-refractivity contribution in [3.05, 3.63) is 140 Å². The zero-order valence-corrected chi connectivity index (χ0v) is 18.3. The van der Waals surface area contributed by atoms with E-state index < -0.39 is 21.2 Å². The predicted octanol–water partition coefficient (Wildman–Crippen LogP) is 5.05. The Morgan fingerprint density at radius 3 is 1.34 bits per heavy atom. The van der Waals surface area contributed by atoms with E-state index in [1.165, 1.54) is 12.1 Å². The second-order valence-corrected chi connectivity index (χ2v) is 8.58. The molecule has 0 unspecified atom stereocenters. The summed E-state index contributed by atoms with van der Waals surface area (Å²) < 4.78 is 0. The molecule has 0 aromatic heterocycles. The number of non-ortho nitro benzene ring substituents is 2. The van der Waals surface area contributed by atoms with E-state index in [0.29, 0.717) is 22.5 Å². The second kappa shape index (κ2) is 7.37. The largest absolute Gasteiger partial charge is 0.359 e. The van der Waals surface area contributed by atoms with Crippen LogP contribution in [0.1, 0.15) is 22.3 Å². The van der Waals surface area contributed by atoms with Gasteiger partial charge in [-0.1, -0.05) is 60.7 Å². The second-order valence-electron chi connectivity index (χ2n) is 8.58. The zero-order chi connectivity index (χ0) is 24.2. The molecule has 4 aromatic carbocycles. The first-order chi connectivity index (χ1) is 16.9. The summed E-state index contributed by atoms with van der Waals surface area (Å²) in [6, 6.07) is 28.6. The van der Waals surface area contributed by atoms with Crippen molar-refractivity contribution in [1.82, 2.24) is 5.32 Å². The highest BCUT2D eigenvalue weighted by Crippen LogP contribution is 2.52. The SMILES string of the molecule is O=[N+]([O-])c1ccc2c(c1)[C@@]1(c3ccccc3)Nc3ccc([N+](=O)[O-])cc3[C@@](c3ccccc3)(N2)N1. The molecular formula is C26H19N5O4. The third-order valence-corrected chi connectivity index (χ3v) is 6.67. The van der Waals surface area contributed by atoms with E-state index >= 15 is 0 Å². The molecule has 9 nitrogen and oxygen atoms in total. The third kappa shape index (κ3) is 2.99. The van der Waals surface area contributed by atoms with E-state index in [0.717, 1.165) is 11.1 Å². The van der Waals surface area contributed by atoms with Gasteiger partial charge in [0.1, 0.15) is 11.3 Å². The number of hydrogen-bond donors (Lipinski definition) is 3. The number of hydrogen-bond acceptors (Lipinski definition) is 7. The Kier molecular flexibility index (Phi) is 4.39. The normalized spacial score (nSPS) is 21.6. The van der Waals surface area contributed by atoms with Crippen LogP contribution >= 0.6 is 0 Å². The molecule has 4 aromatic rings. The molecule has 0 saturated heterocycles. The molecule has 0 saturated carbocycles. The Morgan fingerprint density at radius 1 is 0.571 bits per heavy atom. The first-order valence-corrected chi connectivity index (χ1v) is 11.0. The Labute approximate surface area is 199 Å². The lowest BCUT2D eigenvalue weighted by atomic mass is 9.76. The third-order valence-electron chi connectivity index (χ3n) is 6.67. The number of nitro groups is 2. The molecule has 0 radical (unpaired) electrons. The van der Waals surface area contributed by atoms with Gasteiger partial charge >= 0.3 is 0 Å². The first-order valence-electron chi connectivity index (χ1n) is 11.0. The van der Waals surface area contributed by atoms with Crippen molar-refractivity contribution in [2.24, 2.45) is 0 Å². The summed E-state index contributed by atoms with van der Waals surface area (Å²) in [7, 11) is 0. The van der Waals surface area contributed by atoms with Gasteiger partial charge in [-0.3, -0.25) is 25.5 Å². The molecule has 2 aliphatic heterocycles. The minimum atomic E-state index is -1.06. The lowest BCUT2D eigenvalue weighted by Crippen LogP contribution is -2.68. The fraction of sp³-hybridized carbons (Fsp3) is 0.0769. The smallest absolute Gasteiger partial charge is 0.270 e. The molecular weight excluding hydrogens is 446 g/mol. The van der Waals surface area contributed by atoms with E-state index in [1.807, 2.05) is 60.7 Å². The maximum atomic E-state index is 11.7. The average Bonchev–Trinajstić information content (AvgIpc) is 2.89. The van der Waals surface area contributed by atoms with Gasteiger partial charge in [0, 0.05) is 46.8 Å². The summed E-state index contributed by atoms with van der Waals surface area (Å²) in [5.74, 6) is 0. The van der Waals surface area contributed by atoms with Crippen LogP contribution in [0.25, 0.3) is 0 Å². The fourth-order valence-corrected chi connectivity index (χ4v) is 5.12. The number of nitrogens with zero attached hydrogens (tertiary/aromatic N) is 2. The number of nitrogens with one attached hydrogen (secondary N) is 3. The van der Waals surface area contributed by atoms with Crippen LogP contribution in [0.15, 0.2) is 97.1 Å². The standard InChI is InChI=1S/C26H19N5O4/c32-30(33)19-11-13-23-21(15-19)25(17-7-3-1-4-8-17)27-24-14-12-20(31(34)35)16-22(24)26(28-23,29-25)18-9-5-2-6-10-18/h1-16,27-29H/t25-,26-/m0/s1. The van der Waals surface area contributed by atoms with Gasteiger partial charge in [0.15, 0.2) is 0 Å². The van der Waals surface area contributed by atoms with Crippen molar-refractivity contribution in [2.75, 3.05) is 10.6 Å². The van der Waals surface area contributed by atoms with E-state index in [1.54, 1.807) is 24.3 Å². The van der Waals surface area contributed by atoms with E-state index in [-0.39, 0.29) is 11.4 Å². The predicted molar refractivity (Wildman–Crippen MR) is 131 cm³/mol. The van der Waals surface area contributed by atoms with Crippen LogP contribution in [0, 0.1) is 20.2 Å². The van der Waals surface area contributed by atoms with Gasteiger partial charge in [0.25, 0.3) is 11.4 Å². The highest BCUT2D eigenvalue weighted by molar-refractivity contribution is 5.77. The number of benzene rings is 4. The summed E-state index contributed by atoms with van der Waals surface area (Å²) in [5.41, 5.74) is 2.12. The summed E-state index contributed by atoms with van der Waals surface area (Å²) in [5, 5.41) is 34.1. The molecule has 172 valence electrons. The highest BCUT2D eigenvalue weighted by atomic mass is 16.6. The van der Waals surface area contributed by atoms with Gasteiger partial charge in [-0.25, -0.2) is 0 Å². The minimum absolute atomic E-state index is 0.0360. The summed E-state index contributed by atoms with van der Waals surface area (Å²) in [4.78, 5) is 22.5. The summed E-state index contributed by atoms with van der Waals surface area (Å²) in [6.45, 7) is 0. The molecule has 2 atom stereocenters. The van der Waals surface area contributed by atoms with Crippen LogP contribution in [0.5, 0.6) is 0 Å².